The fraction of sp³-hybridized carbons (Fsp3) is 0.435. The summed E-state index contributed by atoms with van der Waals surface area (Å²) >= 11 is 5.88. The Hall–Kier alpha value is -2.28. The van der Waals surface area contributed by atoms with E-state index in [1.807, 2.05) is 14.1 Å². The molecule has 1 aliphatic heterocycles. The van der Waals surface area contributed by atoms with E-state index in [0.29, 0.717) is 17.3 Å². The third-order valence-corrected chi connectivity index (χ3v) is 5.70. The molecule has 0 saturated carbocycles. The summed E-state index contributed by atoms with van der Waals surface area (Å²) in [6.07, 6.45) is 0. The van der Waals surface area contributed by atoms with Crippen LogP contribution in [-0.4, -0.2) is 76.2 Å². The normalized spacial score (nSPS) is 16.1. The van der Waals surface area contributed by atoms with Crippen LogP contribution >= 0.6 is 11.6 Å². The third kappa shape index (κ3) is 6.36. The minimum Gasteiger partial charge on any atom is -0.484 e. The number of carbonyl (C=O) groups excluding carboxylic acids is 1. The van der Waals surface area contributed by atoms with Crippen LogP contribution in [0.15, 0.2) is 48.5 Å². The predicted octanol–water partition coefficient (Wildman–Crippen LogP) is 2.89. The minimum atomic E-state index is -0.131. The van der Waals surface area contributed by atoms with Crippen molar-refractivity contribution in [3.8, 4) is 5.75 Å². The van der Waals surface area contributed by atoms with Crippen LogP contribution in [0.25, 0.3) is 0 Å². The highest BCUT2D eigenvalue weighted by molar-refractivity contribution is 6.30. The van der Waals surface area contributed by atoms with Crippen molar-refractivity contribution in [3.05, 3.63) is 59.1 Å². The number of likely N-dealkylation sites (N-methyl/N-ethyl adjacent to an activating group) is 1. The number of nitrogens with zero attached hydrogens (tertiary/aromatic N) is 3. The highest BCUT2D eigenvalue weighted by Gasteiger charge is 2.24. The van der Waals surface area contributed by atoms with Crippen molar-refractivity contribution in [3.63, 3.8) is 0 Å². The molecule has 2 aromatic rings. The van der Waals surface area contributed by atoms with E-state index < -0.39 is 0 Å². The van der Waals surface area contributed by atoms with E-state index in [0.717, 1.165) is 31.9 Å². The van der Waals surface area contributed by atoms with E-state index >= 15 is 0 Å². The Labute approximate surface area is 184 Å². The van der Waals surface area contributed by atoms with Gasteiger partial charge in [0.25, 0.3) is 5.91 Å². The highest BCUT2D eigenvalue weighted by atomic mass is 35.5. The van der Waals surface area contributed by atoms with Gasteiger partial charge < -0.3 is 19.9 Å². The Morgan fingerprint density at radius 2 is 1.70 bits per heavy atom. The first kappa shape index (κ1) is 22.4. The average molecular weight is 431 g/mol. The molecule has 0 unspecified atom stereocenters. The number of anilines is 1. The third-order valence-electron chi connectivity index (χ3n) is 5.45. The largest absolute Gasteiger partial charge is 0.484 e. The Bertz CT molecular complexity index is 803. The van der Waals surface area contributed by atoms with Crippen molar-refractivity contribution in [2.24, 2.45) is 0 Å². The summed E-state index contributed by atoms with van der Waals surface area (Å²) in [7, 11) is 6.22. The number of piperazine rings is 1. The van der Waals surface area contributed by atoms with Crippen molar-refractivity contribution in [1.29, 1.82) is 0 Å². The molecular formula is C23H31ClN4O2. The Kier molecular flexibility index (Phi) is 7.96. The molecule has 1 atom stereocenters. The maximum atomic E-state index is 12.4. The number of rotatable bonds is 8. The zero-order valence-electron chi connectivity index (χ0n) is 18.0. The van der Waals surface area contributed by atoms with Gasteiger partial charge in [0.2, 0.25) is 0 Å². The number of amides is 1. The second kappa shape index (κ2) is 10.7. The first-order valence-electron chi connectivity index (χ1n) is 10.3. The van der Waals surface area contributed by atoms with E-state index in [1.165, 1.54) is 5.56 Å². The summed E-state index contributed by atoms with van der Waals surface area (Å²) in [5.41, 5.74) is 2.38. The maximum Gasteiger partial charge on any atom is 0.258 e. The summed E-state index contributed by atoms with van der Waals surface area (Å²) < 4.78 is 5.57. The van der Waals surface area contributed by atoms with Gasteiger partial charge >= 0.3 is 0 Å². The minimum absolute atomic E-state index is 0.0172. The first-order chi connectivity index (χ1) is 14.4. The molecule has 0 aromatic heterocycles. The van der Waals surface area contributed by atoms with Gasteiger partial charge in [-0.2, -0.15) is 0 Å². The number of hydrogen-bond acceptors (Lipinski definition) is 5. The quantitative estimate of drug-likeness (QED) is 0.697. The lowest BCUT2D eigenvalue weighted by Crippen LogP contribution is -2.48. The van der Waals surface area contributed by atoms with Crippen LogP contribution in [0.3, 0.4) is 0 Å². The summed E-state index contributed by atoms with van der Waals surface area (Å²) in [5, 5.41) is 3.69. The molecular weight excluding hydrogens is 400 g/mol. The fourth-order valence-corrected chi connectivity index (χ4v) is 3.65. The molecule has 1 N–H and O–H groups in total. The van der Waals surface area contributed by atoms with E-state index in [4.69, 9.17) is 16.3 Å². The van der Waals surface area contributed by atoms with Gasteiger partial charge in [0, 0.05) is 57.5 Å². The molecule has 1 heterocycles. The number of benzene rings is 2. The summed E-state index contributed by atoms with van der Waals surface area (Å²) in [6, 6.07) is 15.7. The number of hydrogen-bond donors (Lipinski definition) is 1. The summed E-state index contributed by atoms with van der Waals surface area (Å²) in [4.78, 5) is 19.3. The fourth-order valence-electron chi connectivity index (χ4n) is 3.53. The second-order valence-electron chi connectivity index (χ2n) is 7.89. The van der Waals surface area contributed by atoms with Gasteiger partial charge in [0.15, 0.2) is 6.61 Å². The number of halogens is 1. The van der Waals surface area contributed by atoms with Crippen molar-refractivity contribution in [2.75, 3.05) is 65.4 Å². The van der Waals surface area contributed by atoms with Gasteiger partial charge in [-0.25, -0.2) is 0 Å². The topological polar surface area (TPSA) is 48.1 Å². The standard InChI is InChI=1S/C23H31ClN4O2/c1-26(2)20-8-4-18(5-9-20)22(28-14-12-27(3)13-15-28)16-25-23(29)17-30-21-10-6-19(24)7-11-21/h4-11,22H,12-17H2,1-3H3,(H,25,29)/t22-/m0/s1. The summed E-state index contributed by atoms with van der Waals surface area (Å²) in [6.45, 7) is 4.55. The average Bonchev–Trinajstić information content (AvgIpc) is 2.75. The first-order valence-corrected chi connectivity index (χ1v) is 10.6. The van der Waals surface area contributed by atoms with Crippen LogP contribution in [-0.2, 0) is 4.79 Å². The van der Waals surface area contributed by atoms with Gasteiger partial charge in [-0.15, -0.1) is 0 Å². The van der Waals surface area contributed by atoms with Crippen LogP contribution in [0.5, 0.6) is 5.75 Å². The van der Waals surface area contributed by atoms with E-state index in [1.54, 1.807) is 24.3 Å². The van der Waals surface area contributed by atoms with Gasteiger partial charge in [0.1, 0.15) is 5.75 Å². The van der Waals surface area contributed by atoms with Crippen molar-refractivity contribution >= 4 is 23.2 Å². The molecule has 0 bridgehead atoms. The zero-order valence-corrected chi connectivity index (χ0v) is 18.7. The van der Waals surface area contributed by atoms with E-state index in [-0.39, 0.29) is 18.6 Å². The van der Waals surface area contributed by atoms with Crippen molar-refractivity contribution in [2.45, 2.75) is 6.04 Å². The Balaban J connectivity index is 1.61. The number of ether oxygens (including phenoxy) is 1. The Morgan fingerprint density at radius 1 is 1.07 bits per heavy atom. The lowest BCUT2D eigenvalue weighted by Gasteiger charge is -2.38. The highest BCUT2D eigenvalue weighted by Crippen LogP contribution is 2.24. The molecule has 7 heteroatoms. The number of carbonyl (C=O) groups is 1. The van der Waals surface area contributed by atoms with Gasteiger partial charge in [-0.1, -0.05) is 23.7 Å². The lowest BCUT2D eigenvalue weighted by atomic mass is 10.0. The van der Waals surface area contributed by atoms with E-state index in [9.17, 15) is 4.79 Å². The smallest absolute Gasteiger partial charge is 0.258 e. The van der Waals surface area contributed by atoms with Gasteiger partial charge in [-0.3, -0.25) is 9.69 Å². The van der Waals surface area contributed by atoms with Crippen LogP contribution in [0, 0.1) is 0 Å². The maximum absolute atomic E-state index is 12.4. The van der Waals surface area contributed by atoms with Crippen molar-refractivity contribution in [1.82, 2.24) is 15.1 Å². The predicted molar refractivity (Wildman–Crippen MR) is 123 cm³/mol. The molecule has 1 amide bonds. The summed E-state index contributed by atoms with van der Waals surface area (Å²) in [5.74, 6) is 0.499. The van der Waals surface area contributed by atoms with Crippen LogP contribution < -0.4 is 15.0 Å². The molecule has 1 fully saturated rings. The molecule has 2 aromatic carbocycles. The molecule has 6 nitrogen and oxygen atoms in total. The number of nitrogens with one attached hydrogen (secondary N) is 1. The van der Waals surface area contributed by atoms with Crippen LogP contribution in [0.1, 0.15) is 11.6 Å². The molecule has 0 radical (unpaired) electrons. The molecule has 162 valence electrons. The van der Waals surface area contributed by atoms with Crippen LogP contribution in [0.2, 0.25) is 5.02 Å². The molecule has 3 rings (SSSR count). The second-order valence-corrected chi connectivity index (χ2v) is 8.32. The van der Waals surface area contributed by atoms with Gasteiger partial charge in [-0.05, 0) is 49.0 Å². The van der Waals surface area contributed by atoms with Gasteiger partial charge in [0.05, 0.1) is 6.04 Å². The molecule has 1 saturated heterocycles. The molecule has 0 spiro atoms. The Morgan fingerprint density at radius 3 is 2.30 bits per heavy atom. The van der Waals surface area contributed by atoms with E-state index in [2.05, 4.69) is 51.3 Å². The molecule has 30 heavy (non-hydrogen) atoms. The van der Waals surface area contributed by atoms with Crippen LogP contribution in [0.4, 0.5) is 5.69 Å². The lowest BCUT2D eigenvalue weighted by molar-refractivity contribution is -0.123. The van der Waals surface area contributed by atoms with Crippen molar-refractivity contribution < 1.29 is 9.53 Å². The molecule has 0 aliphatic carbocycles. The SMILES string of the molecule is CN1CCN([C@@H](CNC(=O)COc2ccc(Cl)cc2)c2ccc(N(C)C)cc2)CC1. The molecule has 1 aliphatic rings. The zero-order chi connectivity index (χ0) is 21.5. The monoisotopic (exact) mass is 430 g/mol.